The molecule has 0 unspecified atom stereocenters. The molecule has 211 valence electrons. The minimum Gasteiger partial charge on any atom is -0.355 e. The number of hydrogen-bond acceptors (Lipinski definition) is 8. The molecule has 9 nitrogen and oxygen atoms in total. The van der Waals surface area contributed by atoms with Crippen LogP contribution in [0.2, 0.25) is 0 Å². The third kappa shape index (κ3) is 4.17. The third-order valence-electron chi connectivity index (χ3n) is 8.12. The first kappa shape index (κ1) is 26.3. The molecular formula is C32H29N9Rh. The van der Waals surface area contributed by atoms with Crippen molar-refractivity contribution in [2.75, 3.05) is 60.0 Å². The van der Waals surface area contributed by atoms with Crippen LogP contribution in [-0.2, 0) is 19.5 Å². The molecule has 0 saturated carbocycles. The number of fused-ring (bicyclic) bond motifs is 5. The Kier molecular flexibility index (Phi) is 6.51. The fraction of sp³-hybridized carbons (Fsp3) is 0.188. The first-order valence-corrected chi connectivity index (χ1v) is 13.9. The Morgan fingerprint density at radius 1 is 0.667 bits per heavy atom. The molecule has 0 bridgehead atoms. The van der Waals surface area contributed by atoms with Crippen molar-refractivity contribution in [2.24, 2.45) is 0 Å². The summed E-state index contributed by atoms with van der Waals surface area (Å²) in [6.07, 6.45) is 3.78. The van der Waals surface area contributed by atoms with E-state index in [0.29, 0.717) is 0 Å². The molecule has 6 heterocycles. The summed E-state index contributed by atoms with van der Waals surface area (Å²) in [5.41, 5.74) is 2.87. The molecule has 0 N–H and O–H groups in total. The van der Waals surface area contributed by atoms with Crippen LogP contribution in [0.25, 0.3) is 32.9 Å². The number of rotatable bonds is 3. The first-order valence-electron chi connectivity index (χ1n) is 13.9. The van der Waals surface area contributed by atoms with Gasteiger partial charge in [-0.1, -0.05) is 48.5 Å². The number of pyridine rings is 3. The van der Waals surface area contributed by atoms with Gasteiger partial charge in [-0.3, -0.25) is 9.88 Å². The van der Waals surface area contributed by atoms with Gasteiger partial charge in [-0.25, -0.2) is 14.6 Å². The molecule has 10 heteroatoms. The van der Waals surface area contributed by atoms with Gasteiger partial charge in [0.05, 0.1) is 17.8 Å². The number of likely N-dealkylation sites (N-methyl/N-ethyl adjacent to an activating group) is 2. The van der Waals surface area contributed by atoms with Crippen LogP contribution in [0.15, 0.2) is 91.3 Å². The monoisotopic (exact) mass is 642 g/mol. The molecule has 0 spiro atoms. The second kappa shape index (κ2) is 10.4. The van der Waals surface area contributed by atoms with Crippen LogP contribution >= 0.6 is 0 Å². The molecule has 0 fully saturated rings. The SMILES string of the molecule is CN1CCN(c2ccccn2)c2nc3n(c21)N(C)CCN3c1ccc2cccc(-c3cc4ccccc4cn3)c2n1.[Rh]. The number of imidazole rings is 1. The molecule has 4 aromatic heterocycles. The summed E-state index contributed by atoms with van der Waals surface area (Å²) in [5.74, 6) is 4.60. The zero-order valence-corrected chi connectivity index (χ0v) is 25.0. The predicted octanol–water partition coefficient (Wildman–Crippen LogP) is 5.35. The Morgan fingerprint density at radius 2 is 1.48 bits per heavy atom. The van der Waals surface area contributed by atoms with E-state index in [1.165, 1.54) is 5.39 Å². The van der Waals surface area contributed by atoms with E-state index >= 15 is 0 Å². The van der Waals surface area contributed by atoms with E-state index in [1.54, 1.807) is 0 Å². The van der Waals surface area contributed by atoms with Crippen molar-refractivity contribution >= 4 is 50.9 Å². The third-order valence-corrected chi connectivity index (χ3v) is 8.12. The molecule has 6 aromatic rings. The largest absolute Gasteiger partial charge is 0.355 e. The van der Waals surface area contributed by atoms with Crippen molar-refractivity contribution in [1.29, 1.82) is 0 Å². The molecule has 0 aliphatic carbocycles. The summed E-state index contributed by atoms with van der Waals surface area (Å²) in [5, 5.41) is 5.61. The van der Waals surface area contributed by atoms with Crippen molar-refractivity contribution in [3.63, 3.8) is 0 Å². The van der Waals surface area contributed by atoms with Crippen molar-refractivity contribution in [3.8, 4) is 11.3 Å². The van der Waals surface area contributed by atoms with E-state index in [2.05, 4.69) is 98.1 Å². The van der Waals surface area contributed by atoms with Crippen LogP contribution in [0.1, 0.15) is 0 Å². The maximum absolute atomic E-state index is 5.26. The first-order chi connectivity index (χ1) is 20.2. The Morgan fingerprint density at radius 3 is 2.33 bits per heavy atom. The minimum absolute atomic E-state index is 0. The molecule has 8 rings (SSSR count). The van der Waals surface area contributed by atoms with Gasteiger partial charge in [0.25, 0.3) is 0 Å². The fourth-order valence-corrected chi connectivity index (χ4v) is 5.97. The average Bonchev–Trinajstić information content (AvgIpc) is 3.43. The smallest absolute Gasteiger partial charge is 0.234 e. The van der Waals surface area contributed by atoms with Crippen LogP contribution in [0.5, 0.6) is 0 Å². The van der Waals surface area contributed by atoms with Gasteiger partial charge in [-0.05, 0) is 35.7 Å². The van der Waals surface area contributed by atoms with E-state index in [9.17, 15) is 0 Å². The van der Waals surface area contributed by atoms with Gasteiger partial charge in [0, 0.05) is 81.9 Å². The molecule has 2 aromatic carbocycles. The van der Waals surface area contributed by atoms with Gasteiger partial charge in [-0.2, -0.15) is 4.98 Å². The summed E-state index contributed by atoms with van der Waals surface area (Å²) in [4.78, 5) is 26.7. The maximum atomic E-state index is 5.26. The normalized spacial score (nSPS) is 14.6. The summed E-state index contributed by atoms with van der Waals surface area (Å²) in [6, 6.07) is 27.0. The second-order valence-electron chi connectivity index (χ2n) is 10.6. The standard InChI is InChI=1S/C32H29N9.Rh/c1-37-16-18-39(27-12-5-6-15-33-27)30-31(37)41-32(36-30)40(19-17-38(41)2)28-14-13-22-10-7-11-25(29(22)35-28)26-20-23-8-3-4-9-24(23)21-34-26;/h3-15,20-21H,16-19H2,1-2H3;. The van der Waals surface area contributed by atoms with E-state index in [0.717, 1.165) is 82.9 Å². The zero-order valence-electron chi connectivity index (χ0n) is 23.3. The quantitative estimate of drug-likeness (QED) is 0.240. The fourth-order valence-electron chi connectivity index (χ4n) is 5.97. The van der Waals surface area contributed by atoms with E-state index in [-0.39, 0.29) is 19.5 Å². The summed E-state index contributed by atoms with van der Waals surface area (Å²) in [7, 11) is 4.25. The Labute approximate surface area is 256 Å². The Hall–Kier alpha value is -4.56. The van der Waals surface area contributed by atoms with Crippen molar-refractivity contribution < 1.29 is 19.5 Å². The molecule has 2 aliphatic rings. The zero-order chi connectivity index (χ0) is 27.5. The van der Waals surface area contributed by atoms with Crippen molar-refractivity contribution in [3.05, 3.63) is 91.3 Å². The molecule has 0 atom stereocenters. The van der Waals surface area contributed by atoms with Crippen molar-refractivity contribution in [1.82, 2.24) is 24.6 Å². The Balaban J connectivity index is 0.00000288. The molecule has 0 saturated heterocycles. The van der Waals surface area contributed by atoms with Crippen LogP contribution in [0.3, 0.4) is 0 Å². The van der Waals surface area contributed by atoms with Crippen LogP contribution in [-0.4, -0.2) is 64.9 Å². The number of benzene rings is 2. The van der Waals surface area contributed by atoms with E-state index < -0.39 is 0 Å². The molecule has 0 amide bonds. The number of nitrogens with zero attached hydrogens (tertiary/aromatic N) is 9. The van der Waals surface area contributed by atoms with Gasteiger partial charge in [0.2, 0.25) is 5.95 Å². The van der Waals surface area contributed by atoms with Crippen LogP contribution < -0.4 is 19.7 Å². The molecular weight excluding hydrogens is 613 g/mol. The van der Waals surface area contributed by atoms with E-state index in [1.807, 2.05) is 36.7 Å². The summed E-state index contributed by atoms with van der Waals surface area (Å²) in [6.45, 7) is 3.30. The van der Waals surface area contributed by atoms with Crippen LogP contribution in [0, 0.1) is 0 Å². The number of hydrogen-bond donors (Lipinski definition) is 0. The number of anilines is 5. The van der Waals surface area contributed by atoms with Gasteiger partial charge in [0.15, 0.2) is 11.6 Å². The average molecular weight is 643 g/mol. The second-order valence-corrected chi connectivity index (χ2v) is 10.6. The molecule has 1 radical (unpaired) electrons. The minimum atomic E-state index is 0. The topological polar surface area (TPSA) is 69.5 Å². The molecule has 2 aliphatic heterocycles. The Bertz CT molecular complexity index is 1920. The summed E-state index contributed by atoms with van der Waals surface area (Å²) < 4.78 is 2.22. The van der Waals surface area contributed by atoms with Crippen molar-refractivity contribution in [2.45, 2.75) is 0 Å². The molecule has 42 heavy (non-hydrogen) atoms. The van der Waals surface area contributed by atoms with Gasteiger partial charge >= 0.3 is 0 Å². The van der Waals surface area contributed by atoms with Crippen LogP contribution in [0.4, 0.5) is 29.2 Å². The number of para-hydroxylation sites is 1. The predicted molar refractivity (Wildman–Crippen MR) is 165 cm³/mol. The van der Waals surface area contributed by atoms with E-state index in [4.69, 9.17) is 15.0 Å². The van der Waals surface area contributed by atoms with Gasteiger partial charge in [-0.15, -0.1) is 0 Å². The number of aromatic nitrogens is 5. The maximum Gasteiger partial charge on any atom is 0.234 e. The summed E-state index contributed by atoms with van der Waals surface area (Å²) >= 11 is 0. The van der Waals surface area contributed by atoms with Gasteiger partial charge < -0.3 is 14.8 Å². The van der Waals surface area contributed by atoms with Gasteiger partial charge in [0.1, 0.15) is 11.6 Å².